The van der Waals surface area contributed by atoms with Crippen molar-refractivity contribution < 1.29 is 10.0 Å². The van der Waals surface area contributed by atoms with Gasteiger partial charge in [0.15, 0.2) is 0 Å². The molecule has 1 unspecified atom stereocenters. The SMILES string of the molecule is CC(O)CCN(C)c1c([N+](=O)[O-])cnc2ccccc12. The van der Waals surface area contributed by atoms with Crippen LogP contribution in [0.25, 0.3) is 10.9 Å². The van der Waals surface area contributed by atoms with E-state index >= 15 is 0 Å². The number of para-hydroxylation sites is 1. The molecule has 0 bridgehead atoms. The molecule has 0 radical (unpaired) electrons. The second-order valence-electron chi connectivity index (χ2n) is 4.83. The molecule has 6 nitrogen and oxygen atoms in total. The van der Waals surface area contributed by atoms with E-state index in [0.29, 0.717) is 18.7 Å². The van der Waals surface area contributed by atoms with E-state index in [1.165, 1.54) is 6.20 Å². The number of aliphatic hydroxyl groups is 1. The highest BCUT2D eigenvalue weighted by Crippen LogP contribution is 2.34. The number of fused-ring (bicyclic) bond motifs is 1. The summed E-state index contributed by atoms with van der Waals surface area (Å²) in [6, 6.07) is 7.33. The molecule has 1 aromatic heterocycles. The van der Waals surface area contributed by atoms with Crippen molar-refractivity contribution >= 4 is 22.3 Å². The van der Waals surface area contributed by atoms with E-state index in [1.54, 1.807) is 18.9 Å². The maximum Gasteiger partial charge on any atom is 0.311 e. The summed E-state index contributed by atoms with van der Waals surface area (Å²) in [4.78, 5) is 16.7. The molecule has 1 atom stereocenters. The molecule has 0 amide bonds. The van der Waals surface area contributed by atoms with E-state index in [9.17, 15) is 15.2 Å². The van der Waals surface area contributed by atoms with Gasteiger partial charge in [-0.1, -0.05) is 18.2 Å². The van der Waals surface area contributed by atoms with Crippen molar-refractivity contribution in [3.8, 4) is 0 Å². The van der Waals surface area contributed by atoms with Crippen LogP contribution in [0.1, 0.15) is 13.3 Å². The minimum atomic E-state index is -0.440. The molecule has 106 valence electrons. The smallest absolute Gasteiger partial charge is 0.311 e. The van der Waals surface area contributed by atoms with Gasteiger partial charge in [-0.15, -0.1) is 0 Å². The first kappa shape index (κ1) is 14.2. The number of benzene rings is 1. The normalized spacial score (nSPS) is 12.3. The van der Waals surface area contributed by atoms with Crippen LogP contribution in [0.5, 0.6) is 0 Å². The molecule has 0 saturated carbocycles. The number of anilines is 1. The molecular weight excluding hydrogens is 258 g/mol. The molecule has 0 saturated heterocycles. The minimum Gasteiger partial charge on any atom is -0.393 e. The fourth-order valence-electron chi connectivity index (χ4n) is 2.14. The number of pyridine rings is 1. The number of hydrogen-bond acceptors (Lipinski definition) is 5. The molecule has 1 N–H and O–H groups in total. The number of rotatable bonds is 5. The molecule has 0 aliphatic carbocycles. The lowest BCUT2D eigenvalue weighted by molar-refractivity contribution is -0.384. The van der Waals surface area contributed by atoms with Crippen molar-refractivity contribution in [2.75, 3.05) is 18.5 Å². The third kappa shape index (κ3) is 2.85. The molecule has 2 aromatic rings. The molecule has 20 heavy (non-hydrogen) atoms. The summed E-state index contributed by atoms with van der Waals surface area (Å²) in [6.07, 6.45) is 1.39. The van der Waals surface area contributed by atoms with E-state index in [2.05, 4.69) is 4.98 Å². The van der Waals surface area contributed by atoms with Crippen molar-refractivity contribution in [2.45, 2.75) is 19.4 Å². The van der Waals surface area contributed by atoms with Crippen LogP contribution in [0.4, 0.5) is 11.4 Å². The zero-order chi connectivity index (χ0) is 14.7. The van der Waals surface area contributed by atoms with E-state index in [0.717, 1.165) is 10.9 Å². The quantitative estimate of drug-likeness (QED) is 0.669. The molecule has 0 aliphatic rings. The highest BCUT2D eigenvalue weighted by Gasteiger charge is 2.21. The molecule has 0 fully saturated rings. The maximum atomic E-state index is 11.2. The summed E-state index contributed by atoms with van der Waals surface area (Å²) < 4.78 is 0. The predicted molar refractivity (Wildman–Crippen MR) is 78.0 cm³/mol. The van der Waals surface area contributed by atoms with E-state index in [1.807, 2.05) is 24.3 Å². The Kier molecular flexibility index (Phi) is 4.14. The van der Waals surface area contributed by atoms with Crippen molar-refractivity contribution in [1.29, 1.82) is 0 Å². The van der Waals surface area contributed by atoms with Gasteiger partial charge in [0.05, 0.1) is 16.5 Å². The molecule has 0 spiro atoms. The summed E-state index contributed by atoms with van der Waals surface area (Å²) in [5.74, 6) is 0. The Labute approximate surface area is 116 Å². The topological polar surface area (TPSA) is 79.5 Å². The third-order valence-electron chi connectivity index (χ3n) is 3.19. The molecular formula is C14H17N3O3. The van der Waals surface area contributed by atoms with E-state index in [4.69, 9.17) is 0 Å². The number of aliphatic hydroxyl groups excluding tert-OH is 1. The molecule has 6 heteroatoms. The Balaban J connectivity index is 2.51. The van der Waals surface area contributed by atoms with Crippen LogP contribution in [0.3, 0.4) is 0 Å². The van der Waals surface area contributed by atoms with Crippen molar-refractivity contribution in [3.05, 3.63) is 40.6 Å². The molecule has 0 aliphatic heterocycles. The Bertz CT molecular complexity index is 628. The second-order valence-corrected chi connectivity index (χ2v) is 4.83. The van der Waals surface area contributed by atoms with Crippen LogP contribution in [-0.2, 0) is 0 Å². The molecule has 1 aromatic carbocycles. The van der Waals surface area contributed by atoms with Gasteiger partial charge in [0.1, 0.15) is 11.9 Å². The zero-order valence-electron chi connectivity index (χ0n) is 11.5. The lowest BCUT2D eigenvalue weighted by Crippen LogP contribution is -2.23. The highest BCUT2D eigenvalue weighted by atomic mass is 16.6. The molecule has 2 rings (SSSR count). The standard InChI is InChI=1S/C14H17N3O3/c1-10(18)7-8-16(2)14-11-5-3-4-6-12(11)15-9-13(14)17(19)20/h3-6,9-10,18H,7-8H2,1-2H3. The van der Waals surface area contributed by atoms with Crippen LogP contribution >= 0.6 is 0 Å². The van der Waals surface area contributed by atoms with Gasteiger partial charge in [-0.25, -0.2) is 4.98 Å². The van der Waals surface area contributed by atoms with Gasteiger partial charge >= 0.3 is 5.69 Å². The number of hydrogen-bond donors (Lipinski definition) is 1. The van der Waals surface area contributed by atoms with Crippen LogP contribution in [0.15, 0.2) is 30.5 Å². The van der Waals surface area contributed by atoms with Gasteiger partial charge in [-0.05, 0) is 19.4 Å². The third-order valence-corrected chi connectivity index (χ3v) is 3.19. The monoisotopic (exact) mass is 275 g/mol. The summed E-state index contributed by atoms with van der Waals surface area (Å²) in [6.45, 7) is 2.24. The zero-order valence-corrected chi connectivity index (χ0v) is 11.5. The highest BCUT2D eigenvalue weighted by molar-refractivity contribution is 5.96. The summed E-state index contributed by atoms with van der Waals surface area (Å²) in [5.41, 5.74) is 1.25. The maximum absolute atomic E-state index is 11.2. The lowest BCUT2D eigenvalue weighted by atomic mass is 10.1. The minimum absolute atomic E-state index is 0.0169. The van der Waals surface area contributed by atoms with Gasteiger partial charge in [0.2, 0.25) is 0 Å². The van der Waals surface area contributed by atoms with Crippen LogP contribution in [-0.4, -0.2) is 34.7 Å². The van der Waals surface area contributed by atoms with Gasteiger partial charge in [0, 0.05) is 19.0 Å². The largest absolute Gasteiger partial charge is 0.393 e. The van der Waals surface area contributed by atoms with Gasteiger partial charge in [-0.3, -0.25) is 10.1 Å². The average molecular weight is 275 g/mol. The first-order valence-corrected chi connectivity index (χ1v) is 6.42. The van der Waals surface area contributed by atoms with Crippen molar-refractivity contribution in [3.63, 3.8) is 0 Å². The van der Waals surface area contributed by atoms with E-state index < -0.39 is 11.0 Å². The number of nitro groups is 1. The summed E-state index contributed by atoms with van der Waals surface area (Å²) in [5, 5.41) is 21.3. The second kappa shape index (κ2) is 5.83. The first-order chi connectivity index (χ1) is 9.50. The van der Waals surface area contributed by atoms with Crippen molar-refractivity contribution in [1.82, 2.24) is 4.98 Å². The number of aromatic nitrogens is 1. The van der Waals surface area contributed by atoms with Crippen LogP contribution in [0.2, 0.25) is 0 Å². The predicted octanol–water partition coefficient (Wildman–Crippen LogP) is 2.35. The Morgan fingerprint density at radius 1 is 1.45 bits per heavy atom. The summed E-state index contributed by atoms with van der Waals surface area (Å²) in [7, 11) is 1.79. The van der Waals surface area contributed by atoms with Crippen LogP contribution < -0.4 is 4.90 Å². The van der Waals surface area contributed by atoms with Crippen molar-refractivity contribution in [2.24, 2.45) is 0 Å². The van der Waals surface area contributed by atoms with Crippen LogP contribution in [0, 0.1) is 10.1 Å². The Morgan fingerprint density at radius 2 is 2.15 bits per heavy atom. The number of nitrogens with zero attached hydrogens (tertiary/aromatic N) is 3. The fraction of sp³-hybridized carbons (Fsp3) is 0.357. The Morgan fingerprint density at radius 3 is 2.80 bits per heavy atom. The first-order valence-electron chi connectivity index (χ1n) is 6.42. The van der Waals surface area contributed by atoms with Gasteiger partial charge in [-0.2, -0.15) is 0 Å². The van der Waals surface area contributed by atoms with E-state index in [-0.39, 0.29) is 5.69 Å². The lowest BCUT2D eigenvalue weighted by Gasteiger charge is -2.21. The average Bonchev–Trinajstić information content (AvgIpc) is 2.43. The fourth-order valence-corrected chi connectivity index (χ4v) is 2.14. The molecule has 1 heterocycles. The van der Waals surface area contributed by atoms with Gasteiger partial charge in [0.25, 0.3) is 0 Å². The summed E-state index contributed by atoms with van der Waals surface area (Å²) >= 11 is 0. The van der Waals surface area contributed by atoms with Gasteiger partial charge < -0.3 is 10.0 Å². The Hall–Kier alpha value is -2.21.